The molecule has 2 heterocycles. The number of nitro groups is 1. The van der Waals surface area contributed by atoms with Crippen LogP contribution in [-0.2, 0) is 17.8 Å². The van der Waals surface area contributed by atoms with Gasteiger partial charge in [0.05, 0.1) is 21.2 Å². The van der Waals surface area contributed by atoms with Crippen molar-refractivity contribution in [2.75, 3.05) is 0 Å². The second-order valence-electron chi connectivity index (χ2n) is 5.13. The molecule has 0 bridgehead atoms. The average Bonchev–Trinajstić information content (AvgIpc) is 3.03. The van der Waals surface area contributed by atoms with E-state index in [9.17, 15) is 19.7 Å². The highest BCUT2D eigenvalue weighted by atomic mass is 35.5. The van der Waals surface area contributed by atoms with Crippen LogP contribution in [0.4, 0.5) is 5.69 Å². The van der Waals surface area contributed by atoms with E-state index in [1.165, 1.54) is 28.0 Å². The fourth-order valence-corrected chi connectivity index (χ4v) is 3.22. The minimum atomic E-state index is -0.773. The number of halogens is 1. The first-order valence-electron chi connectivity index (χ1n) is 7.38. The molecule has 0 radical (unpaired) electrons. The highest BCUT2D eigenvalue weighted by Crippen LogP contribution is 2.23. The van der Waals surface area contributed by atoms with Gasteiger partial charge in [-0.2, -0.15) is 9.61 Å². The molecule has 0 fully saturated rings. The molecule has 0 N–H and O–H groups in total. The lowest BCUT2D eigenvalue weighted by molar-refractivity contribution is -0.384. The summed E-state index contributed by atoms with van der Waals surface area (Å²) in [6.45, 7) is 1.68. The van der Waals surface area contributed by atoms with E-state index in [0.717, 1.165) is 17.1 Å². The van der Waals surface area contributed by atoms with Crippen LogP contribution in [0, 0.1) is 10.1 Å². The number of non-ortho nitro benzene ring substituents is 1. The Morgan fingerprint density at radius 3 is 2.85 bits per heavy atom. The maximum atomic E-state index is 12.1. The van der Waals surface area contributed by atoms with E-state index in [2.05, 4.69) is 10.1 Å². The van der Waals surface area contributed by atoms with E-state index in [1.807, 2.05) is 6.92 Å². The third-order valence-corrected chi connectivity index (χ3v) is 4.74. The molecule has 0 saturated heterocycles. The summed E-state index contributed by atoms with van der Waals surface area (Å²) < 4.78 is 6.31. The van der Waals surface area contributed by atoms with Crippen molar-refractivity contribution in [2.24, 2.45) is 0 Å². The number of hydrogen-bond donors (Lipinski definition) is 0. The van der Waals surface area contributed by atoms with Crippen LogP contribution in [0.15, 0.2) is 29.1 Å². The van der Waals surface area contributed by atoms with Gasteiger partial charge in [-0.1, -0.05) is 29.9 Å². The van der Waals surface area contributed by atoms with E-state index in [4.69, 9.17) is 16.3 Å². The van der Waals surface area contributed by atoms with Gasteiger partial charge in [0.2, 0.25) is 4.96 Å². The Kier molecular flexibility index (Phi) is 4.96. The molecule has 2 aromatic heterocycles. The Morgan fingerprint density at radius 2 is 2.19 bits per heavy atom. The monoisotopic (exact) mass is 394 g/mol. The molecule has 0 unspecified atom stereocenters. The maximum absolute atomic E-state index is 12.1. The largest absolute Gasteiger partial charge is 0.456 e. The molecular weight excluding hydrogens is 384 g/mol. The van der Waals surface area contributed by atoms with Crippen molar-refractivity contribution in [3.63, 3.8) is 0 Å². The third-order valence-electron chi connectivity index (χ3n) is 3.38. The highest BCUT2D eigenvalue weighted by molar-refractivity contribution is 7.16. The van der Waals surface area contributed by atoms with Crippen molar-refractivity contribution >= 4 is 39.6 Å². The number of ether oxygens (including phenoxy) is 1. The van der Waals surface area contributed by atoms with Gasteiger partial charge in [-0.05, 0) is 12.5 Å². The van der Waals surface area contributed by atoms with Gasteiger partial charge < -0.3 is 4.74 Å². The molecular formula is C15H11ClN4O5S. The zero-order chi connectivity index (χ0) is 18.8. The van der Waals surface area contributed by atoms with Crippen molar-refractivity contribution in [2.45, 2.75) is 20.0 Å². The lowest BCUT2D eigenvalue weighted by Gasteiger charge is -2.06. The number of fused-ring (bicyclic) bond motifs is 1. The van der Waals surface area contributed by atoms with Crippen LogP contribution >= 0.6 is 22.9 Å². The van der Waals surface area contributed by atoms with Crippen LogP contribution < -0.4 is 5.56 Å². The van der Waals surface area contributed by atoms with Crippen molar-refractivity contribution in [1.82, 2.24) is 14.6 Å². The lowest BCUT2D eigenvalue weighted by atomic mass is 10.2. The molecule has 3 aromatic rings. The van der Waals surface area contributed by atoms with Gasteiger partial charge in [-0.15, -0.1) is 0 Å². The standard InChI is InChI=1S/C15H11ClN4O5S/c1-2-12-18-19-13(21)5-8(17-15(19)26-12)7-25-14(22)10-4-3-9(20(23)24)6-11(10)16/h3-6H,2,7H2,1H3. The van der Waals surface area contributed by atoms with Crippen molar-refractivity contribution < 1.29 is 14.5 Å². The number of aromatic nitrogens is 3. The minimum absolute atomic E-state index is 0.0128. The molecule has 26 heavy (non-hydrogen) atoms. The summed E-state index contributed by atoms with van der Waals surface area (Å²) in [5, 5.41) is 15.5. The van der Waals surface area contributed by atoms with Gasteiger partial charge in [0.25, 0.3) is 11.2 Å². The first kappa shape index (κ1) is 18.0. The van der Waals surface area contributed by atoms with Crippen LogP contribution in [0.2, 0.25) is 5.02 Å². The fraction of sp³-hybridized carbons (Fsp3) is 0.200. The molecule has 0 aliphatic rings. The molecule has 9 nitrogen and oxygen atoms in total. The molecule has 0 amide bonds. The quantitative estimate of drug-likeness (QED) is 0.371. The smallest absolute Gasteiger partial charge is 0.340 e. The van der Waals surface area contributed by atoms with E-state index in [0.29, 0.717) is 11.4 Å². The summed E-state index contributed by atoms with van der Waals surface area (Å²) in [6, 6.07) is 4.67. The SMILES string of the molecule is CCc1nn2c(=O)cc(COC(=O)c3ccc([N+](=O)[O-])cc3Cl)nc2s1. The minimum Gasteiger partial charge on any atom is -0.456 e. The number of nitrogens with zero attached hydrogens (tertiary/aromatic N) is 4. The van der Waals surface area contributed by atoms with Crippen LogP contribution in [0.25, 0.3) is 4.96 Å². The summed E-state index contributed by atoms with van der Waals surface area (Å²) in [5.41, 5.74) is -0.345. The van der Waals surface area contributed by atoms with Crippen LogP contribution in [0.5, 0.6) is 0 Å². The summed E-state index contributed by atoms with van der Waals surface area (Å²) in [5.74, 6) is -0.773. The summed E-state index contributed by atoms with van der Waals surface area (Å²) in [7, 11) is 0. The van der Waals surface area contributed by atoms with Crippen molar-refractivity contribution in [1.29, 1.82) is 0 Å². The van der Waals surface area contributed by atoms with Crippen molar-refractivity contribution in [3.8, 4) is 0 Å². The number of aryl methyl sites for hydroxylation is 1. The average molecular weight is 395 g/mol. The predicted octanol–water partition coefficient (Wildman–Crippen LogP) is 2.63. The molecule has 0 spiro atoms. The number of carbonyl (C=O) groups excluding carboxylic acids is 1. The normalized spacial score (nSPS) is 10.8. The Bertz CT molecular complexity index is 1080. The number of nitro benzene ring substituents is 1. The topological polar surface area (TPSA) is 117 Å². The molecule has 3 rings (SSSR count). The molecule has 134 valence electrons. The zero-order valence-corrected chi connectivity index (χ0v) is 14.9. The molecule has 11 heteroatoms. The second kappa shape index (κ2) is 7.18. The van der Waals surface area contributed by atoms with Crippen LogP contribution in [0.3, 0.4) is 0 Å². The Balaban J connectivity index is 1.78. The fourth-order valence-electron chi connectivity index (χ4n) is 2.11. The molecule has 1 aromatic carbocycles. The number of esters is 1. The first-order valence-corrected chi connectivity index (χ1v) is 8.58. The lowest BCUT2D eigenvalue weighted by Crippen LogP contribution is -2.16. The number of hydrogen-bond acceptors (Lipinski definition) is 8. The van der Waals surface area contributed by atoms with Gasteiger partial charge >= 0.3 is 5.97 Å². The predicted molar refractivity (Wildman–Crippen MR) is 93.7 cm³/mol. The van der Waals surface area contributed by atoms with E-state index in [-0.39, 0.29) is 34.1 Å². The summed E-state index contributed by atoms with van der Waals surface area (Å²) in [4.78, 5) is 38.9. The van der Waals surface area contributed by atoms with Crippen molar-refractivity contribution in [3.05, 3.63) is 66.0 Å². The van der Waals surface area contributed by atoms with Crippen LogP contribution in [0.1, 0.15) is 28.0 Å². The first-order chi connectivity index (χ1) is 12.4. The summed E-state index contributed by atoms with van der Waals surface area (Å²) >= 11 is 7.17. The van der Waals surface area contributed by atoms with E-state index in [1.54, 1.807) is 0 Å². The Hall–Kier alpha value is -2.85. The molecule has 0 aliphatic carbocycles. The van der Waals surface area contributed by atoms with Gasteiger partial charge in [0, 0.05) is 18.2 Å². The van der Waals surface area contributed by atoms with E-state index >= 15 is 0 Å². The van der Waals surface area contributed by atoms with Crippen LogP contribution in [-0.4, -0.2) is 25.5 Å². The third kappa shape index (κ3) is 3.55. The zero-order valence-electron chi connectivity index (χ0n) is 13.3. The van der Waals surface area contributed by atoms with Gasteiger partial charge in [0.15, 0.2) is 0 Å². The number of carbonyl (C=O) groups is 1. The maximum Gasteiger partial charge on any atom is 0.340 e. The van der Waals surface area contributed by atoms with Gasteiger partial charge in [-0.25, -0.2) is 9.78 Å². The number of rotatable bonds is 5. The second-order valence-corrected chi connectivity index (χ2v) is 6.57. The van der Waals surface area contributed by atoms with E-state index < -0.39 is 10.9 Å². The molecule has 0 atom stereocenters. The number of benzene rings is 1. The Morgan fingerprint density at radius 1 is 1.42 bits per heavy atom. The van der Waals surface area contributed by atoms with Gasteiger partial charge in [-0.3, -0.25) is 14.9 Å². The Labute approximate surface area is 155 Å². The molecule has 0 aliphatic heterocycles. The highest BCUT2D eigenvalue weighted by Gasteiger charge is 2.17. The van der Waals surface area contributed by atoms with Gasteiger partial charge in [0.1, 0.15) is 11.6 Å². The molecule has 0 saturated carbocycles. The summed E-state index contributed by atoms with van der Waals surface area (Å²) in [6.07, 6.45) is 0.677.